The van der Waals surface area contributed by atoms with Gasteiger partial charge in [-0.15, -0.1) is 23.2 Å². The Labute approximate surface area is 207 Å². The lowest BCUT2D eigenvalue weighted by Gasteiger charge is -2.64. The topological polar surface area (TPSA) is 60.4 Å². The molecule has 6 heteroatoms. The molecule has 182 valence electrons. The van der Waals surface area contributed by atoms with Gasteiger partial charge in [-0.25, -0.2) is 0 Å². The van der Waals surface area contributed by atoms with Gasteiger partial charge in [-0.1, -0.05) is 45.8 Å². The molecule has 2 unspecified atom stereocenters. The lowest BCUT2D eigenvalue weighted by molar-refractivity contribution is -0.192. The number of Topliss-reactive ketones (excluding diaryl/α,β-unsaturated/α-hetero) is 1. The van der Waals surface area contributed by atoms with Gasteiger partial charge in [0.25, 0.3) is 0 Å². The molecule has 4 rings (SSSR count). The van der Waals surface area contributed by atoms with E-state index in [-0.39, 0.29) is 35.3 Å². The number of hydrogen-bond acceptors (Lipinski definition) is 4. The van der Waals surface area contributed by atoms with E-state index < -0.39 is 26.7 Å². The van der Waals surface area contributed by atoms with Crippen LogP contribution in [0.15, 0.2) is 23.8 Å². The molecule has 0 bridgehead atoms. The summed E-state index contributed by atoms with van der Waals surface area (Å²) in [5.74, 6) is -0.389. The molecule has 0 aromatic rings. The number of rotatable bonds is 5. The van der Waals surface area contributed by atoms with Gasteiger partial charge >= 0.3 is 5.97 Å². The molecule has 0 aromatic heterocycles. The molecular formula is C27H36Cl2O4. The average molecular weight is 495 g/mol. The van der Waals surface area contributed by atoms with E-state index in [1.165, 1.54) is 0 Å². The normalized spacial score (nSPS) is 46.2. The SMILES string of the molecule is CCCCC(=O)O[C@@]1(C(C)=O)[C@@H](C)C[C@H]2[C@@H]3CCC4=CC(=O)C=C[C@]4(C)C3(Cl)C(Cl)C[C@@]21C. The Morgan fingerprint density at radius 3 is 2.58 bits per heavy atom. The van der Waals surface area contributed by atoms with Crippen molar-refractivity contribution in [3.05, 3.63) is 23.8 Å². The van der Waals surface area contributed by atoms with E-state index in [2.05, 4.69) is 13.8 Å². The highest BCUT2D eigenvalue weighted by atomic mass is 35.5. The molecule has 0 aliphatic heterocycles. The summed E-state index contributed by atoms with van der Waals surface area (Å²) in [5, 5.41) is -0.449. The third-order valence-electron chi connectivity index (χ3n) is 9.67. The van der Waals surface area contributed by atoms with Gasteiger partial charge < -0.3 is 4.74 Å². The van der Waals surface area contributed by atoms with Crippen molar-refractivity contribution in [2.24, 2.45) is 28.6 Å². The third kappa shape index (κ3) is 3.19. The van der Waals surface area contributed by atoms with Crippen LogP contribution < -0.4 is 0 Å². The Balaban J connectivity index is 1.78. The smallest absolute Gasteiger partial charge is 0.306 e. The standard InChI is InChI=1S/C27H36Cl2O4/c1-6-7-8-23(32)33-27(17(3)30)16(2)13-21-20-10-9-18-14-19(31)11-12-24(18,4)26(20,29)22(28)15-25(21,27)5/h11-12,14,16,20-22H,6-10,13,15H2,1-5H3/t16-,20-,21-,22?,24-,25-,26?,27+/m0/s1. The molecule has 3 saturated carbocycles. The van der Waals surface area contributed by atoms with E-state index in [1.54, 1.807) is 19.1 Å². The molecule has 0 heterocycles. The Morgan fingerprint density at radius 2 is 1.94 bits per heavy atom. The molecule has 0 N–H and O–H groups in total. The maximum absolute atomic E-state index is 13.3. The molecule has 0 radical (unpaired) electrons. The van der Waals surface area contributed by atoms with Crippen LogP contribution in [0.25, 0.3) is 0 Å². The molecule has 33 heavy (non-hydrogen) atoms. The number of esters is 1. The van der Waals surface area contributed by atoms with Crippen molar-refractivity contribution >= 4 is 40.7 Å². The lowest BCUT2D eigenvalue weighted by atomic mass is 9.46. The van der Waals surface area contributed by atoms with Gasteiger partial charge in [-0.3, -0.25) is 14.4 Å². The molecule has 0 saturated heterocycles. The Hall–Kier alpha value is -1.13. The molecule has 8 atom stereocenters. The molecular weight excluding hydrogens is 459 g/mol. The highest BCUT2D eigenvalue weighted by molar-refractivity contribution is 6.34. The van der Waals surface area contributed by atoms with Crippen molar-refractivity contribution in [3.63, 3.8) is 0 Å². The number of allylic oxidation sites excluding steroid dienone is 4. The minimum atomic E-state index is -1.19. The van der Waals surface area contributed by atoms with Crippen LogP contribution >= 0.6 is 23.2 Å². The van der Waals surface area contributed by atoms with Crippen LogP contribution in [-0.2, 0) is 19.1 Å². The quantitative estimate of drug-likeness (QED) is 0.338. The summed E-state index contributed by atoms with van der Waals surface area (Å²) in [6.45, 7) is 9.81. The molecule has 4 aliphatic carbocycles. The number of hydrogen-bond donors (Lipinski definition) is 0. The molecule has 0 aromatic carbocycles. The minimum Gasteiger partial charge on any atom is -0.450 e. The summed E-state index contributed by atoms with van der Waals surface area (Å²) in [5.41, 5.74) is -1.27. The van der Waals surface area contributed by atoms with Gasteiger partial charge in [0, 0.05) is 23.2 Å². The van der Waals surface area contributed by atoms with Crippen LogP contribution in [0.4, 0.5) is 0 Å². The van der Waals surface area contributed by atoms with Crippen LogP contribution in [0.1, 0.15) is 79.6 Å². The number of ether oxygens (including phenoxy) is 1. The molecule has 0 amide bonds. The second-order valence-electron chi connectivity index (χ2n) is 11.2. The monoisotopic (exact) mass is 494 g/mol. The summed E-state index contributed by atoms with van der Waals surface area (Å²) in [6, 6.07) is 0. The van der Waals surface area contributed by atoms with E-state index >= 15 is 0 Å². The summed E-state index contributed by atoms with van der Waals surface area (Å²) in [6.07, 6.45) is 10.1. The predicted molar refractivity (Wildman–Crippen MR) is 130 cm³/mol. The number of halogens is 2. The highest BCUT2D eigenvalue weighted by Gasteiger charge is 2.75. The molecule has 4 nitrogen and oxygen atoms in total. The predicted octanol–water partition coefficient (Wildman–Crippen LogP) is 6.18. The van der Waals surface area contributed by atoms with Crippen molar-refractivity contribution in [2.45, 2.75) is 95.4 Å². The second kappa shape index (κ2) is 8.22. The zero-order chi connectivity index (χ0) is 24.4. The fourth-order valence-electron chi connectivity index (χ4n) is 8.06. The fraction of sp³-hybridized carbons (Fsp3) is 0.741. The number of carbonyl (C=O) groups excluding carboxylic acids is 3. The van der Waals surface area contributed by atoms with Crippen LogP contribution in [0, 0.1) is 28.6 Å². The van der Waals surface area contributed by atoms with E-state index in [1.807, 2.05) is 19.9 Å². The number of ketones is 2. The maximum Gasteiger partial charge on any atom is 0.306 e. The Morgan fingerprint density at radius 1 is 1.24 bits per heavy atom. The first kappa shape index (κ1) is 25.0. The van der Waals surface area contributed by atoms with Crippen molar-refractivity contribution in [1.82, 2.24) is 0 Å². The van der Waals surface area contributed by atoms with E-state index in [9.17, 15) is 14.4 Å². The zero-order valence-electron chi connectivity index (χ0n) is 20.4. The van der Waals surface area contributed by atoms with Crippen molar-refractivity contribution in [3.8, 4) is 0 Å². The third-order valence-corrected chi connectivity index (χ3v) is 11.2. The number of carbonyl (C=O) groups is 3. The molecule has 3 fully saturated rings. The first-order chi connectivity index (χ1) is 15.4. The first-order valence-corrected chi connectivity index (χ1v) is 13.2. The number of alkyl halides is 2. The van der Waals surface area contributed by atoms with Crippen LogP contribution in [-0.4, -0.2) is 33.4 Å². The second-order valence-corrected chi connectivity index (χ2v) is 12.4. The summed E-state index contributed by atoms with van der Waals surface area (Å²) in [4.78, 5) is 37.5. The van der Waals surface area contributed by atoms with Crippen LogP contribution in [0.2, 0.25) is 0 Å². The van der Waals surface area contributed by atoms with Crippen molar-refractivity contribution in [1.29, 1.82) is 0 Å². The zero-order valence-corrected chi connectivity index (χ0v) is 21.9. The summed E-state index contributed by atoms with van der Waals surface area (Å²) < 4.78 is 6.19. The summed E-state index contributed by atoms with van der Waals surface area (Å²) >= 11 is 14.8. The van der Waals surface area contributed by atoms with E-state index in [0.29, 0.717) is 12.8 Å². The molecule has 0 spiro atoms. The number of fused-ring (bicyclic) bond motifs is 5. The minimum absolute atomic E-state index is 0.00274. The van der Waals surface area contributed by atoms with Crippen LogP contribution in [0.3, 0.4) is 0 Å². The average Bonchev–Trinajstić information content (AvgIpc) is 2.96. The number of unbranched alkanes of at least 4 members (excludes halogenated alkanes) is 1. The summed E-state index contributed by atoms with van der Waals surface area (Å²) in [7, 11) is 0. The van der Waals surface area contributed by atoms with Gasteiger partial charge in [-0.2, -0.15) is 0 Å². The first-order valence-electron chi connectivity index (χ1n) is 12.4. The largest absolute Gasteiger partial charge is 0.450 e. The highest BCUT2D eigenvalue weighted by Crippen LogP contribution is 2.72. The van der Waals surface area contributed by atoms with E-state index in [4.69, 9.17) is 27.9 Å². The van der Waals surface area contributed by atoms with Crippen LogP contribution in [0.5, 0.6) is 0 Å². The van der Waals surface area contributed by atoms with Crippen molar-refractivity contribution in [2.75, 3.05) is 0 Å². The maximum atomic E-state index is 13.3. The van der Waals surface area contributed by atoms with Gasteiger partial charge in [0.05, 0.1) is 10.3 Å². The fourth-order valence-corrected chi connectivity index (χ4v) is 9.29. The van der Waals surface area contributed by atoms with Gasteiger partial charge in [0.1, 0.15) is 0 Å². The van der Waals surface area contributed by atoms with Gasteiger partial charge in [0.15, 0.2) is 17.2 Å². The Bertz CT molecular complexity index is 940. The lowest BCUT2D eigenvalue weighted by Crippen LogP contribution is -2.68. The molecule has 4 aliphatic rings. The van der Waals surface area contributed by atoms with Crippen molar-refractivity contribution < 1.29 is 19.1 Å². The van der Waals surface area contributed by atoms with E-state index in [0.717, 1.165) is 37.7 Å². The van der Waals surface area contributed by atoms with Gasteiger partial charge in [0.2, 0.25) is 0 Å². The Kier molecular flexibility index (Phi) is 6.22. The van der Waals surface area contributed by atoms with Gasteiger partial charge in [-0.05, 0) is 63.0 Å².